The van der Waals surface area contributed by atoms with E-state index in [0.717, 1.165) is 35.2 Å². The van der Waals surface area contributed by atoms with E-state index in [4.69, 9.17) is 9.47 Å². The second-order valence-corrected chi connectivity index (χ2v) is 8.05. The van der Waals surface area contributed by atoms with E-state index in [9.17, 15) is 9.59 Å². The van der Waals surface area contributed by atoms with Gasteiger partial charge in [0.2, 0.25) is 0 Å². The van der Waals surface area contributed by atoms with Gasteiger partial charge in [-0.15, -0.1) is 5.10 Å². The zero-order valence-corrected chi connectivity index (χ0v) is 19.9. The molecule has 0 aliphatic heterocycles. The number of methoxy groups -OCH3 is 2. The summed E-state index contributed by atoms with van der Waals surface area (Å²) in [6.07, 6.45) is 2.48. The van der Waals surface area contributed by atoms with Crippen molar-refractivity contribution in [1.82, 2.24) is 25.2 Å². The van der Waals surface area contributed by atoms with Crippen LogP contribution in [-0.4, -0.2) is 45.4 Å². The maximum atomic E-state index is 13.1. The summed E-state index contributed by atoms with van der Waals surface area (Å²) in [7, 11) is 2.89. The molecule has 35 heavy (non-hydrogen) atoms. The Kier molecular flexibility index (Phi) is 7.35. The van der Waals surface area contributed by atoms with Gasteiger partial charge < -0.3 is 14.0 Å². The summed E-state index contributed by atoms with van der Waals surface area (Å²) in [6.45, 7) is 2.34. The average molecular weight is 474 g/mol. The molecule has 0 fully saturated rings. The van der Waals surface area contributed by atoms with Crippen molar-refractivity contribution >= 4 is 5.97 Å². The average Bonchev–Trinajstić information content (AvgIpc) is 3.43. The molecule has 0 unspecified atom stereocenters. The quantitative estimate of drug-likeness (QED) is 0.367. The Bertz CT molecular complexity index is 1360. The lowest BCUT2D eigenvalue weighted by molar-refractivity contribution is 0.0600. The third kappa shape index (κ3) is 4.98. The van der Waals surface area contributed by atoms with Crippen molar-refractivity contribution < 1.29 is 14.3 Å². The lowest BCUT2D eigenvalue weighted by Gasteiger charge is -2.19. The number of ether oxygens (including phenoxy) is 2. The largest absolute Gasteiger partial charge is 0.496 e. The predicted octanol–water partition coefficient (Wildman–Crippen LogP) is 3.88. The molecule has 0 spiro atoms. The van der Waals surface area contributed by atoms with E-state index in [1.54, 1.807) is 17.7 Å². The van der Waals surface area contributed by atoms with Crippen LogP contribution in [0.25, 0.3) is 22.5 Å². The SMILES string of the molecule is CCCCc1cc(C(=O)OC)cc(=O)n1Cc1ccc(-c2ccccc2)c(-c2nnn[nH]2)c1OC. The molecule has 180 valence electrons. The Hall–Kier alpha value is -4.27. The van der Waals surface area contributed by atoms with Crippen LogP contribution in [0.5, 0.6) is 5.75 Å². The van der Waals surface area contributed by atoms with Crippen molar-refractivity contribution in [2.24, 2.45) is 0 Å². The Morgan fingerprint density at radius 2 is 1.89 bits per heavy atom. The molecule has 2 aromatic carbocycles. The van der Waals surface area contributed by atoms with E-state index >= 15 is 0 Å². The maximum Gasteiger partial charge on any atom is 0.338 e. The molecule has 2 heterocycles. The molecule has 4 rings (SSSR count). The minimum atomic E-state index is -0.531. The van der Waals surface area contributed by atoms with E-state index in [2.05, 4.69) is 27.5 Å². The number of pyridine rings is 1. The number of unbranched alkanes of at least 4 members (excludes halogenated alkanes) is 1. The topological polar surface area (TPSA) is 112 Å². The van der Waals surface area contributed by atoms with Gasteiger partial charge in [0, 0.05) is 17.3 Å². The first-order valence-corrected chi connectivity index (χ1v) is 11.4. The lowest BCUT2D eigenvalue weighted by atomic mass is 9.95. The smallest absolute Gasteiger partial charge is 0.338 e. The number of esters is 1. The Labute approximate surface area is 202 Å². The molecule has 0 bridgehead atoms. The number of tetrazole rings is 1. The lowest BCUT2D eigenvalue weighted by Crippen LogP contribution is -2.26. The third-order valence-corrected chi connectivity index (χ3v) is 5.86. The molecule has 0 aliphatic carbocycles. The number of H-pyrrole nitrogens is 1. The number of hydrogen-bond donors (Lipinski definition) is 1. The highest BCUT2D eigenvalue weighted by Crippen LogP contribution is 2.40. The highest BCUT2D eigenvalue weighted by molar-refractivity contribution is 5.89. The number of aryl methyl sites for hydroxylation is 1. The number of hydrogen-bond acceptors (Lipinski definition) is 7. The first-order chi connectivity index (χ1) is 17.1. The molecule has 2 aromatic heterocycles. The van der Waals surface area contributed by atoms with Crippen molar-refractivity contribution in [3.63, 3.8) is 0 Å². The van der Waals surface area contributed by atoms with Crippen LogP contribution in [0, 0.1) is 0 Å². The van der Waals surface area contributed by atoms with E-state index in [0.29, 0.717) is 23.6 Å². The van der Waals surface area contributed by atoms with Gasteiger partial charge in [0.05, 0.1) is 31.9 Å². The molecule has 0 atom stereocenters. The number of aromatic nitrogens is 5. The highest BCUT2D eigenvalue weighted by Gasteiger charge is 2.21. The van der Waals surface area contributed by atoms with Gasteiger partial charge in [-0.05, 0) is 40.5 Å². The number of nitrogens with zero attached hydrogens (tertiary/aromatic N) is 4. The number of carbonyl (C=O) groups excluding carboxylic acids is 1. The number of benzene rings is 2. The summed E-state index contributed by atoms with van der Waals surface area (Å²) in [5.41, 5.74) is 4.09. The molecular formula is C26H27N5O4. The minimum absolute atomic E-state index is 0.250. The van der Waals surface area contributed by atoms with Crippen LogP contribution in [-0.2, 0) is 17.7 Å². The number of aromatic amines is 1. The molecule has 0 radical (unpaired) electrons. The molecule has 0 saturated heterocycles. The Morgan fingerprint density at radius 1 is 1.09 bits per heavy atom. The summed E-state index contributed by atoms with van der Waals surface area (Å²) >= 11 is 0. The van der Waals surface area contributed by atoms with E-state index in [1.807, 2.05) is 42.5 Å². The minimum Gasteiger partial charge on any atom is -0.496 e. The number of rotatable bonds is 9. The van der Waals surface area contributed by atoms with Crippen molar-refractivity contribution in [3.05, 3.63) is 81.8 Å². The fraction of sp³-hybridized carbons (Fsp3) is 0.269. The fourth-order valence-corrected chi connectivity index (χ4v) is 4.14. The van der Waals surface area contributed by atoms with Crippen LogP contribution >= 0.6 is 0 Å². The molecular weight excluding hydrogens is 446 g/mol. The number of nitrogens with one attached hydrogen (secondary N) is 1. The third-order valence-electron chi connectivity index (χ3n) is 5.86. The fourth-order valence-electron chi connectivity index (χ4n) is 4.14. The van der Waals surface area contributed by atoms with Gasteiger partial charge in [-0.25, -0.2) is 9.89 Å². The van der Waals surface area contributed by atoms with E-state index in [1.165, 1.54) is 13.2 Å². The standard InChI is InChI=1S/C26H27N5O4/c1-4-5-11-20-14-19(26(33)35-3)15-22(32)31(20)16-18-12-13-21(17-9-7-6-8-10-17)23(24(18)34-2)25-27-29-30-28-25/h6-10,12-15H,4-5,11,16H2,1-3H3,(H,27,28,29,30). The molecule has 1 N–H and O–H groups in total. The second kappa shape index (κ2) is 10.8. The highest BCUT2D eigenvalue weighted by atomic mass is 16.5. The van der Waals surface area contributed by atoms with E-state index < -0.39 is 5.97 Å². The van der Waals surface area contributed by atoms with Crippen LogP contribution in [0.15, 0.2) is 59.4 Å². The zero-order valence-electron chi connectivity index (χ0n) is 19.9. The summed E-state index contributed by atoms with van der Waals surface area (Å²) in [4.78, 5) is 25.2. The van der Waals surface area contributed by atoms with Gasteiger partial charge >= 0.3 is 5.97 Å². The summed E-state index contributed by atoms with van der Waals surface area (Å²) in [6, 6.07) is 16.8. The Balaban J connectivity index is 1.87. The monoisotopic (exact) mass is 473 g/mol. The molecule has 0 amide bonds. The summed E-state index contributed by atoms with van der Waals surface area (Å²) < 4.78 is 12.4. The van der Waals surface area contributed by atoms with Crippen LogP contribution in [0.1, 0.15) is 41.4 Å². The van der Waals surface area contributed by atoms with E-state index in [-0.39, 0.29) is 17.7 Å². The van der Waals surface area contributed by atoms with Gasteiger partial charge in [0.15, 0.2) is 5.82 Å². The van der Waals surface area contributed by atoms with Gasteiger partial charge in [-0.3, -0.25) is 4.79 Å². The molecule has 4 aromatic rings. The van der Waals surface area contributed by atoms with Gasteiger partial charge in [-0.1, -0.05) is 55.8 Å². The van der Waals surface area contributed by atoms with Gasteiger partial charge in [0.1, 0.15) is 5.75 Å². The van der Waals surface area contributed by atoms with Crippen molar-refractivity contribution in [1.29, 1.82) is 0 Å². The first-order valence-electron chi connectivity index (χ1n) is 11.4. The maximum absolute atomic E-state index is 13.1. The van der Waals surface area contributed by atoms with Crippen molar-refractivity contribution in [3.8, 4) is 28.3 Å². The van der Waals surface area contributed by atoms with Crippen molar-refractivity contribution in [2.45, 2.75) is 32.7 Å². The van der Waals surface area contributed by atoms with Crippen LogP contribution < -0.4 is 10.3 Å². The summed E-state index contributed by atoms with van der Waals surface area (Å²) in [5, 5.41) is 14.4. The van der Waals surface area contributed by atoms with Crippen LogP contribution in [0.4, 0.5) is 0 Å². The molecule has 9 nitrogen and oxygen atoms in total. The molecule has 0 aliphatic rings. The first kappa shape index (κ1) is 23.9. The van der Waals surface area contributed by atoms with Crippen molar-refractivity contribution in [2.75, 3.05) is 14.2 Å². The Morgan fingerprint density at radius 3 is 2.54 bits per heavy atom. The second-order valence-electron chi connectivity index (χ2n) is 8.05. The zero-order chi connectivity index (χ0) is 24.8. The van der Waals surface area contributed by atoms with Crippen LogP contribution in [0.3, 0.4) is 0 Å². The normalized spacial score (nSPS) is 10.8. The number of carbonyl (C=O) groups is 1. The molecule has 0 saturated carbocycles. The van der Waals surface area contributed by atoms with Crippen LogP contribution in [0.2, 0.25) is 0 Å². The molecule has 9 heteroatoms. The van der Waals surface area contributed by atoms with Gasteiger partial charge in [-0.2, -0.15) is 0 Å². The summed E-state index contributed by atoms with van der Waals surface area (Å²) in [5.74, 6) is 0.495. The predicted molar refractivity (Wildman–Crippen MR) is 131 cm³/mol. The van der Waals surface area contributed by atoms with Gasteiger partial charge in [0.25, 0.3) is 5.56 Å².